The number of aromatic amines is 1. The van der Waals surface area contributed by atoms with E-state index in [4.69, 9.17) is 4.74 Å². The SMILES string of the molecule is COc1ccc(-n2c(SCc3cccnc3)nnc2[C@H](Cc2ccccc2)NC(=O)Cc2c(C)[nH]c3ccccc23)cc1. The molecule has 0 unspecified atom stereocenters. The van der Waals surface area contributed by atoms with Crippen LogP contribution in [0.2, 0.25) is 0 Å². The van der Waals surface area contributed by atoms with Crippen molar-refractivity contribution in [1.82, 2.24) is 30.0 Å². The average molecular weight is 589 g/mol. The smallest absolute Gasteiger partial charge is 0.225 e. The minimum atomic E-state index is -0.428. The summed E-state index contributed by atoms with van der Waals surface area (Å²) in [6, 6.07) is 29.5. The maximum absolute atomic E-state index is 13.7. The van der Waals surface area contributed by atoms with Gasteiger partial charge in [-0.25, -0.2) is 0 Å². The second-order valence-corrected chi connectivity index (χ2v) is 11.2. The topological polar surface area (TPSA) is 97.7 Å². The number of carbonyl (C=O) groups excluding carboxylic acids is 1. The van der Waals surface area contributed by atoms with Crippen molar-refractivity contribution in [1.29, 1.82) is 0 Å². The molecule has 216 valence electrons. The van der Waals surface area contributed by atoms with Crippen LogP contribution in [0.4, 0.5) is 0 Å². The average Bonchev–Trinajstić information content (AvgIpc) is 3.61. The third-order valence-corrected chi connectivity index (χ3v) is 8.37. The van der Waals surface area contributed by atoms with Crippen LogP contribution in [0.3, 0.4) is 0 Å². The van der Waals surface area contributed by atoms with Crippen LogP contribution in [0.25, 0.3) is 16.6 Å². The molecule has 0 radical (unpaired) electrons. The number of nitrogens with zero attached hydrogens (tertiary/aromatic N) is 4. The highest BCUT2D eigenvalue weighted by molar-refractivity contribution is 7.98. The van der Waals surface area contributed by atoms with E-state index in [-0.39, 0.29) is 12.3 Å². The van der Waals surface area contributed by atoms with E-state index in [9.17, 15) is 4.79 Å². The Morgan fingerprint density at radius 1 is 0.953 bits per heavy atom. The number of methoxy groups -OCH3 is 1. The predicted octanol–water partition coefficient (Wildman–Crippen LogP) is 6.40. The summed E-state index contributed by atoms with van der Waals surface area (Å²) in [5, 5.41) is 14.4. The molecule has 0 bridgehead atoms. The fraction of sp³-hybridized carbons (Fsp3) is 0.176. The monoisotopic (exact) mass is 588 g/mol. The normalized spacial score (nSPS) is 11.9. The molecule has 6 rings (SSSR count). The van der Waals surface area contributed by atoms with Gasteiger partial charge < -0.3 is 15.0 Å². The first-order valence-corrected chi connectivity index (χ1v) is 15.1. The number of amides is 1. The van der Waals surface area contributed by atoms with E-state index in [1.54, 1.807) is 25.1 Å². The zero-order valence-corrected chi connectivity index (χ0v) is 24.8. The van der Waals surface area contributed by atoms with Crippen LogP contribution in [0.5, 0.6) is 5.75 Å². The molecule has 2 N–H and O–H groups in total. The minimum Gasteiger partial charge on any atom is -0.497 e. The summed E-state index contributed by atoms with van der Waals surface area (Å²) >= 11 is 1.58. The van der Waals surface area contributed by atoms with Crippen molar-refractivity contribution in [3.63, 3.8) is 0 Å². The third-order valence-electron chi connectivity index (χ3n) is 7.37. The van der Waals surface area contributed by atoms with Crippen molar-refractivity contribution in [3.8, 4) is 11.4 Å². The van der Waals surface area contributed by atoms with Gasteiger partial charge in [-0.05, 0) is 66.4 Å². The van der Waals surface area contributed by atoms with Gasteiger partial charge in [0.2, 0.25) is 5.91 Å². The van der Waals surface area contributed by atoms with Gasteiger partial charge in [-0.3, -0.25) is 14.3 Å². The summed E-state index contributed by atoms with van der Waals surface area (Å²) in [6.07, 6.45) is 4.43. The molecule has 3 heterocycles. The zero-order chi connectivity index (χ0) is 29.6. The van der Waals surface area contributed by atoms with Crippen molar-refractivity contribution in [2.45, 2.75) is 36.7 Å². The molecule has 3 aromatic carbocycles. The molecule has 3 aromatic heterocycles. The molecule has 0 aliphatic heterocycles. The number of H-pyrrole nitrogens is 1. The summed E-state index contributed by atoms with van der Waals surface area (Å²) in [7, 11) is 1.65. The van der Waals surface area contributed by atoms with Crippen molar-refractivity contribution < 1.29 is 9.53 Å². The highest BCUT2D eigenvalue weighted by Gasteiger charge is 2.26. The van der Waals surface area contributed by atoms with Gasteiger partial charge in [0.1, 0.15) is 5.75 Å². The Morgan fingerprint density at radius 3 is 2.49 bits per heavy atom. The van der Waals surface area contributed by atoms with Crippen molar-refractivity contribution in [2.75, 3.05) is 7.11 Å². The van der Waals surface area contributed by atoms with Crippen LogP contribution in [0.15, 0.2) is 109 Å². The molecular formula is C34H32N6O2S. The first-order chi connectivity index (χ1) is 21.1. The maximum Gasteiger partial charge on any atom is 0.225 e. The largest absolute Gasteiger partial charge is 0.497 e. The molecule has 0 saturated carbocycles. The summed E-state index contributed by atoms with van der Waals surface area (Å²) in [5.41, 5.74) is 6.07. The number of para-hydroxylation sites is 1. The Kier molecular flexibility index (Phi) is 8.51. The van der Waals surface area contributed by atoms with E-state index in [1.807, 2.05) is 90.5 Å². The maximum atomic E-state index is 13.7. The molecule has 1 atom stereocenters. The molecule has 1 amide bonds. The Morgan fingerprint density at radius 2 is 1.72 bits per heavy atom. The molecule has 43 heavy (non-hydrogen) atoms. The molecule has 0 aliphatic carbocycles. The summed E-state index contributed by atoms with van der Waals surface area (Å²) in [5.74, 6) is 2.01. The minimum absolute atomic E-state index is 0.0809. The van der Waals surface area contributed by atoms with Crippen LogP contribution in [0, 0.1) is 6.92 Å². The quantitative estimate of drug-likeness (QED) is 0.170. The van der Waals surface area contributed by atoms with E-state index in [0.717, 1.165) is 49.9 Å². The van der Waals surface area contributed by atoms with Crippen LogP contribution in [-0.2, 0) is 23.4 Å². The van der Waals surface area contributed by atoms with E-state index < -0.39 is 6.04 Å². The van der Waals surface area contributed by atoms with Gasteiger partial charge in [0.05, 0.1) is 19.6 Å². The first-order valence-electron chi connectivity index (χ1n) is 14.1. The number of rotatable bonds is 11. The lowest BCUT2D eigenvalue weighted by Gasteiger charge is -2.20. The molecule has 0 fully saturated rings. The number of pyridine rings is 1. The molecule has 6 aromatic rings. The second-order valence-electron chi connectivity index (χ2n) is 10.3. The predicted molar refractivity (Wildman–Crippen MR) is 169 cm³/mol. The lowest BCUT2D eigenvalue weighted by Crippen LogP contribution is -2.33. The van der Waals surface area contributed by atoms with E-state index in [0.29, 0.717) is 18.0 Å². The molecule has 0 saturated heterocycles. The molecule has 9 heteroatoms. The van der Waals surface area contributed by atoms with Gasteiger partial charge in [-0.15, -0.1) is 10.2 Å². The first kappa shape index (κ1) is 28.2. The van der Waals surface area contributed by atoms with Crippen LogP contribution < -0.4 is 10.1 Å². The fourth-order valence-corrected chi connectivity index (χ4v) is 6.12. The number of carbonyl (C=O) groups is 1. The Labute approximate surface area is 254 Å². The Bertz CT molecular complexity index is 1820. The number of hydrogen-bond donors (Lipinski definition) is 2. The fourth-order valence-electron chi connectivity index (χ4n) is 5.23. The van der Waals surface area contributed by atoms with Crippen LogP contribution in [0.1, 0.15) is 34.3 Å². The number of hydrogen-bond acceptors (Lipinski definition) is 6. The van der Waals surface area contributed by atoms with Crippen molar-refractivity contribution >= 4 is 28.6 Å². The molecule has 0 spiro atoms. The highest BCUT2D eigenvalue weighted by Crippen LogP contribution is 2.30. The molecule has 0 aliphatic rings. The summed E-state index contributed by atoms with van der Waals surface area (Å²) in [6.45, 7) is 2.01. The standard InChI is InChI=1S/C34H32N6O2S/c1-23-29(28-12-6-7-13-30(28)36-23)20-32(41)37-31(19-24-9-4-3-5-10-24)33-38-39-34(43-22-25-11-8-18-35-21-25)40(33)26-14-16-27(42-2)17-15-26/h3-18,21,31,36H,19-20,22H2,1-2H3,(H,37,41)/t31-/m0/s1. The number of ether oxygens (including phenoxy) is 1. The van der Waals surface area contributed by atoms with Crippen LogP contribution in [-0.4, -0.2) is 37.7 Å². The van der Waals surface area contributed by atoms with E-state index in [2.05, 4.69) is 43.7 Å². The third kappa shape index (κ3) is 6.47. The molecular weight excluding hydrogens is 556 g/mol. The van der Waals surface area contributed by atoms with E-state index in [1.165, 1.54) is 0 Å². The number of thioether (sulfide) groups is 1. The highest BCUT2D eigenvalue weighted by atomic mass is 32.2. The Balaban J connectivity index is 1.36. The number of benzene rings is 3. The van der Waals surface area contributed by atoms with Gasteiger partial charge in [-0.2, -0.15) is 0 Å². The number of nitrogens with one attached hydrogen (secondary N) is 2. The van der Waals surface area contributed by atoms with Crippen LogP contribution >= 0.6 is 11.8 Å². The summed E-state index contributed by atoms with van der Waals surface area (Å²) < 4.78 is 7.44. The zero-order valence-electron chi connectivity index (χ0n) is 24.0. The van der Waals surface area contributed by atoms with Crippen molar-refractivity contribution in [3.05, 3.63) is 132 Å². The van der Waals surface area contributed by atoms with Gasteiger partial charge in [-0.1, -0.05) is 66.4 Å². The van der Waals surface area contributed by atoms with Gasteiger partial charge in [0, 0.05) is 40.4 Å². The van der Waals surface area contributed by atoms with E-state index >= 15 is 0 Å². The van der Waals surface area contributed by atoms with Gasteiger partial charge >= 0.3 is 0 Å². The van der Waals surface area contributed by atoms with Gasteiger partial charge in [0.25, 0.3) is 0 Å². The number of aryl methyl sites for hydroxylation is 1. The molecule has 8 nitrogen and oxygen atoms in total. The summed E-state index contributed by atoms with van der Waals surface area (Å²) in [4.78, 5) is 21.4. The van der Waals surface area contributed by atoms with Gasteiger partial charge in [0.15, 0.2) is 11.0 Å². The lowest BCUT2D eigenvalue weighted by atomic mass is 10.0. The lowest BCUT2D eigenvalue weighted by molar-refractivity contribution is -0.121. The second kappa shape index (κ2) is 13.0. The number of fused-ring (bicyclic) bond motifs is 1. The number of aromatic nitrogens is 5. The Hall–Kier alpha value is -4.89. The van der Waals surface area contributed by atoms with Crippen molar-refractivity contribution in [2.24, 2.45) is 0 Å².